The summed E-state index contributed by atoms with van der Waals surface area (Å²) in [6.45, 7) is 0.486. The quantitative estimate of drug-likeness (QED) is 0.585. The summed E-state index contributed by atoms with van der Waals surface area (Å²) < 4.78 is 6.77. The molecule has 21 heavy (non-hydrogen) atoms. The van der Waals surface area contributed by atoms with E-state index < -0.39 is 4.92 Å². The number of nitrogens with zero attached hydrogens (tertiary/aromatic N) is 2. The van der Waals surface area contributed by atoms with E-state index in [4.69, 9.17) is 4.74 Å². The van der Waals surface area contributed by atoms with Gasteiger partial charge >= 0.3 is 0 Å². The van der Waals surface area contributed by atoms with Gasteiger partial charge < -0.3 is 10.1 Å². The number of anilines is 1. The van der Waals surface area contributed by atoms with Crippen molar-refractivity contribution in [2.75, 3.05) is 12.4 Å². The van der Waals surface area contributed by atoms with Crippen LogP contribution in [-0.4, -0.2) is 17.0 Å². The normalized spacial score (nSPS) is 10.2. The van der Waals surface area contributed by atoms with Gasteiger partial charge in [-0.3, -0.25) is 10.1 Å². The first-order chi connectivity index (χ1) is 10.0. The molecule has 8 heteroatoms. The average Bonchev–Trinajstić information content (AvgIpc) is 2.46. The number of benzene rings is 1. The van der Waals surface area contributed by atoms with E-state index in [9.17, 15) is 10.1 Å². The second-order valence-corrected chi connectivity index (χ2v) is 5.86. The Kier molecular flexibility index (Phi) is 5.13. The third-order valence-electron chi connectivity index (χ3n) is 2.73. The molecule has 0 aliphatic heterocycles. The van der Waals surface area contributed by atoms with Crippen LogP contribution < -0.4 is 10.1 Å². The van der Waals surface area contributed by atoms with Crippen molar-refractivity contribution >= 4 is 43.4 Å². The number of rotatable bonds is 5. The Morgan fingerprint density at radius 3 is 2.76 bits per heavy atom. The fourth-order valence-corrected chi connectivity index (χ4v) is 2.52. The first-order valence-corrected chi connectivity index (χ1v) is 7.46. The number of methoxy groups -OCH3 is 1. The Balaban J connectivity index is 2.15. The molecule has 1 aromatic carbocycles. The zero-order chi connectivity index (χ0) is 15.4. The smallest absolute Gasteiger partial charge is 0.288 e. The van der Waals surface area contributed by atoms with Gasteiger partial charge in [-0.2, -0.15) is 0 Å². The summed E-state index contributed by atoms with van der Waals surface area (Å²) >= 11 is 6.65. The molecule has 0 aliphatic rings. The highest BCUT2D eigenvalue weighted by Gasteiger charge is 2.11. The minimum Gasteiger partial charge on any atom is -0.496 e. The summed E-state index contributed by atoms with van der Waals surface area (Å²) in [5.74, 6) is 1.28. The van der Waals surface area contributed by atoms with Crippen LogP contribution in [0, 0.1) is 10.1 Å². The monoisotopic (exact) mass is 415 g/mol. The van der Waals surface area contributed by atoms with Gasteiger partial charge in [-0.25, -0.2) is 4.98 Å². The van der Waals surface area contributed by atoms with Crippen LogP contribution in [0.2, 0.25) is 0 Å². The van der Waals surface area contributed by atoms with E-state index >= 15 is 0 Å². The number of ether oxygens (including phenoxy) is 1. The summed E-state index contributed by atoms with van der Waals surface area (Å²) in [7, 11) is 1.60. The molecule has 1 aromatic heterocycles. The number of nitro groups is 1. The molecule has 0 unspecified atom stereocenters. The molecule has 2 aromatic rings. The predicted octanol–water partition coefficient (Wildman–Crippen LogP) is 4.14. The molecular formula is C13H11Br2N3O3. The van der Waals surface area contributed by atoms with Crippen LogP contribution in [0.3, 0.4) is 0 Å². The summed E-state index contributed by atoms with van der Waals surface area (Å²) in [4.78, 5) is 14.2. The lowest BCUT2D eigenvalue weighted by Crippen LogP contribution is -2.04. The largest absolute Gasteiger partial charge is 0.496 e. The molecule has 0 spiro atoms. The first-order valence-electron chi connectivity index (χ1n) is 5.87. The van der Waals surface area contributed by atoms with Crippen LogP contribution in [0.4, 0.5) is 11.5 Å². The van der Waals surface area contributed by atoms with Crippen molar-refractivity contribution in [3.05, 3.63) is 55.1 Å². The van der Waals surface area contributed by atoms with E-state index in [-0.39, 0.29) is 5.69 Å². The minimum atomic E-state index is -0.487. The SMILES string of the molecule is COc1cc(Br)ccc1CNc1ncc([N+](=O)[O-])cc1Br. The second-order valence-electron chi connectivity index (χ2n) is 4.09. The number of hydrogen-bond donors (Lipinski definition) is 1. The Bertz CT molecular complexity index is 680. The average molecular weight is 417 g/mol. The maximum Gasteiger partial charge on any atom is 0.288 e. The van der Waals surface area contributed by atoms with Crippen LogP contribution in [0.5, 0.6) is 5.75 Å². The van der Waals surface area contributed by atoms with Gasteiger partial charge in [0.1, 0.15) is 17.8 Å². The molecule has 1 heterocycles. The standard InChI is InChI=1S/C13H11Br2N3O3/c1-21-12-4-9(14)3-2-8(12)6-16-13-11(15)5-10(7-17-13)18(19)20/h2-5,7H,6H2,1H3,(H,16,17). The van der Waals surface area contributed by atoms with Crippen molar-refractivity contribution in [3.63, 3.8) is 0 Å². The highest BCUT2D eigenvalue weighted by atomic mass is 79.9. The molecular weight excluding hydrogens is 406 g/mol. The van der Waals surface area contributed by atoms with Gasteiger partial charge in [0, 0.05) is 22.6 Å². The van der Waals surface area contributed by atoms with Crippen LogP contribution in [0.15, 0.2) is 39.4 Å². The van der Waals surface area contributed by atoms with E-state index in [0.29, 0.717) is 16.8 Å². The zero-order valence-corrected chi connectivity index (χ0v) is 14.1. The lowest BCUT2D eigenvalue weighted by atomic mass is 10.2. The molecule has 0 radical (unpaired) electrons. The van der Waals surface area contributed by atoms with Gasteiger partial charge in [-0.05, 0) is 28.1 Å². The summed E-state index contributed by atoms with van der Waals surface area (Å²) in [6.07, 6.45) is 1.21. The van der Waals surface area contributed by atoms with Crippen molar-refractivity contribution in [2.24, 2.45) is 0 Å². The van der Waals surface area contributed by atoms with Gasteiger partial charge in [-0.15, -0.1) is 0 Å². The van der Waals surface area contributed by atoms with E-state index in [1.54, 1.807) is 7.11 Å². The zero-order valence-electron chi connectivity index (χ0n) is 11.0. The maximum absolute atomic E-state index is 10.7. The Labute approximate surface area is 137 Å². The van der Waals surface area contributed by atoms with Gasteiger partial charge in [0.15, 0.2) is 0 Å². The first kappa shape index (κ1) is 15.7. The van der Waals surface area contributed by atoms with Crippen LogP contribution in [0.25, 0.3) is 0 Å². The van der Waals surface area contributed by atoms with Crippen molar-refractivity contribution in [2.45, 2.75) is 6.54 Å². The summed E-state index contributed by atoms with van der Waals surface area (Å²) in [5, 5.41) is 13.8. The van der Waals surface area contributed by atoms with Crippen molar-refractivity contribution in [3.8, 4) is 5.75 Å². The van der Waals surface area contributed by atoms with Crippen molar-refractivity contribution in [1.82, 2.24) is 4.98 Å². The maximum atomic E-state index is 10.7. The van der Waals surface area contributed by atoms with Gasteiger partial charge in [-0.1, -0.05) is 22.0 Å². The predicted molar refractivity (Wildman–Crippen MR) is 86.6 cm³/mol. The molecule has 0 atom stereocenters. The Morgan fingerprint density at radius 2 is 2.14 bits per heavy atom. The number of aromatic nitrogens is 1. The molecule has 0 fully saturated rings. The third-order valence-corrected chi connectivity index (χ3v) is 3.83. The molecule has 0 saturated carbocycles. The summed E-state index contributed by atoms with van der Waals surface area (Å²) in [6, 6.07) is 7.12. The van der Waals surface area contributed by atoms with Crippen molar-refractivity contribution < 1.29 is 9.66 Å². The topological polar surface area (TPSA) is 77.3 Å². The summed E-state index contributed by atoms with van der Waals surface area (Å²) in [5.41, 5.74) is 0.890. The molecule has 6 nitrogen and oxygen atoms in total. The Morgan fingerprint density at radius 1 is 1.38 bits per heavy atom. The van der Waals surface area contributed by atoms with E-state index in [1.165, 1.54) is 12.3 Å². The third kappa shape index (κ3) is 3.92. The highest BCUT2D eigenvalue weighted by Crippen LogP contribution is 2.27. The van der Waals surface area contributed by atoms with Gasteiger partial charge in [0.05, 0.1) is 16.5 Å². The van der Waals surface area contributed by atoms with E-state index in [1.807, 2.05) is 18.2 Å². The fraction of sp³-hybridized carbons (Fsp3) is 0.154. The number of nitrogens with one attached hydrogen (secondary N) is 1. The molecule has 110 valence electrons. The molecule has 0 amide bonds. The van der Waals surface area contributed by atoms with Crippen molar-refractivity contribution in [1.29, 1.82) is 0 Å². The Hall–Kier alpha value is -1.67. The molecule has 0 bridgehead atoms. The number of hydrogen-bond acceptors (Lipinski definition) is 5. The number of pyridine rings is 1. The second kappa shape index (κ2) is 6.86. The molecule has 1 N–H and O–H groups in total. The lowest BCUT2D eigenvalue weighted by molar-refractivity contribution is -0.385. The van der Waals surface area contributed by atoms with Gasteiger partial charge in [0.2, 0.25) is 0 Å². The number of halogens is 2. The molecule has 0 saturated heterocycles. The molecule has 2 rings (SSSR count). The van der Waals surface area contributed by atoms with Crippen LogP contribution in [-0.2, 0) is 6.54 Å². The molecule has 0 aliphatic carbocycles. The van der Waals surface area contributed by atoms with E-state index in [2.05, 4.69) is 42.2 Å². The van der Waals surface area contributed by atoms with E-state index in [0.717, 1.165) is 15.8 Å². The lowest BCUT2D eigenvalue weighted by Gasteiger charge is -2.11. The van der Waals surface area contributed by atoms with Crippen LogP contribution >= 0.6 is 31.9 Å². The van der Waals surface area contributed by atoms with Crippen LogP contribution in [0.1, 0.15) is 5.56 Å². The van der Waals surface area contributed by atoms with Gasteiger partial charge in [0.25, 0.3) is 5.69 Å². The highest BCUT2D eigenvalue weighted by molar-refractivity contribution is 9.10. The minimum absolute atomic E-state index is 0.0614. The fourth-order valence-electron chi connectivity index (χ4n) is 1.70.